The first-order chi connectivity index (χ1) is 11.5. The maximum atomic E-state index is 13.6. The van der Waals surface area contributed by atoms with Crippen LogP contribution in [-0.4, -0.2) is 19.1 Å². The Morgan fingerprint density at radius 3 is 1.96 bits per heavy atom. The van der Waals surface area contributed by atoms with Crippen LogP contribution in [0, 0.1) is 11.6 Å². The number of hydrogen-bond acceptors (Lipinski definition) is 3. The highest BCUT2D eigenvalue weighted by molar-refractivity contribution is 7.94. The van der Waals surface area contributed by atoms with Crippen molar-refractivity contribution in [3.05, 3.63) is 59.7 Å². The van der Waals surface area contributed by atoms with Gasteiger partial charge in [0.15, 0.2) is 0 Å². The number of halogens is 2. The van der Waals surface area contributed by atoms with Crippen molar-refractivity contribution in [1.82, 2.24) is 0 Å². The molecule has 2 aromatic rings. The van der Waals surface area contributed by atoms with Crippen molar-refractivity contribution < 1.29 is 22.0 Å². The van der Waals surface area contributed by atoms with E-state index in [-0.39, 0.29) is 11.3 Å². The highest BCUT2D eigenvalue weighted by Gasteiger charge is 2.28. The molecule has 0 heterocycles. The molecule has 0 atom stereocenters. The van der Waals surface area contributed by atoms with Crippen LogP contribution in [0.4, 0.5) is 20.2 Å². The van der Waals surface area contributed by atoms with E-state index >= 15 is 0 Å². The lowest BCUT2D eigenvalue weighted by molar-refractivity contribution is 0.102. The first-order valence-corrected chi connectivity index (χ1v) is 8.87. The van der Waals surface area contributed by atoms with Gasteiger partial charge >= 0.3 is 0 Å². The van der Waals surface area contributed by atoms with Crippen LogP contribution >= 0.6 is 0 Å². The Kier molecular flexibility index (Phi) is 5.12. The third kappa shape index (κ3) is 4.33. The summed E-state index contributed by atoms with van der Waals surface area (Å²) < 4.78 is 52.7. The van der Waals surface area contributed by atoms with E-state index in [1.54, 1.807) is 20.8 Å². The number of anilines is 2. The number of rotatable bonds is 4. The van der Waals surface area contributed by atoms with Crippen LogP contribution < -0.4 is 10.0 Å². The maximum Gasteiger partial charge on any atom is 0.255 e. The molecule has 2 aromatic carbocycles. The number of nitrogens with one attached hydrogen (secondary N) is 2. The molecule has 0 saturated heterocycles. The summed E-state index contributed by atoms with van der Waals surface area (Å²) in [7, 11) is -3.59. The molecule has 0 aliphatic heterocycles. The van der Waals surface area contributed by atoms with Gasteiger partial charge in [-0.25, -0.2) is 17.2 Å². The second-order valence-electron chi connectivity index (χ2n) is 6.35. The molecular weight excluding hydrogens is 350 g/mol. The van der Waals surface area contributed by atoms with Crippen LogP contribution in [0.5, 0.6) is 0 Å². The van der Waals surface area contributed by atoms with Crippen molar-refractivity contribution >= 4 is 27.3 Å². The van der Waals surface area contributed by atoms with Crippen LogP contribution in [0.15, 0.2) is 42.5 Å². The summed E-state index contributed by atoms with van der Waals surface area (Å²) in [5.74, 6) is -2.49. The summed E-state index contributed by atoms with van der Waals surface area (Å²) in [5, 5.41) is 2.16. The fraction of sp³-hybridized carbons (Fsp3) is 0.235. The quantitative estimate of drug-likeness (QED) is 0.863. The fourth-order valence-corrected chi connectivity index (χ4v) is 2.55. The summed E-state index contributed by atoms with van der Waals surface area (Å²) in [6, 6.07) is 8.76. The molecule has 2 N–H and O–H groups in total. The van der Waals surface area contributed by atoms with Gasteiger partial charge in [-0.1, -0.05) is 6.07 Å². The summed E-state index contributed by atoms with van der Waals surface area (Å²) in [5.41, 5.74) is -0.130. The normalized spacial score (nSPS) is 11.9. The summed E-state index contributed by atoms with van der Waals surface area (Å²) >= 11 is 0. The zero-order valence-electron chi connectivity index (χ0n) is 13.9. The zero-order valence-corrected chi connectivity index (χ0v) is 14.7. The molecule has 0 unspecified atom stereocenters. The smallest absolute Gasteiger partial charge is 0.255 e. The van der Waals surface area contributed by atoms with Crippen LogP contribution in [0.2, 0.25) is 0 Å². The maximum absolute atomic E-state index is 13.6. The number of carbonyl (C=O) groups is 1. The van der Waals surface area contributed by atoms with E-state index in [9.17, 15) is 22.0 Å². The number of sulfonamides is 1. The van der Waals surface area contributed by atoms with Crippen LogP contribution in [0.1, 0.15) is 31.1 Å². The van der Waals surface area contributed by atoms with Gasteiger partial charge in [-0.3, -0.25) is 9.52 Å². The van der Waals surface area contributed by atoms with Crippen molar-refractivity contribution in [1.29, 1.82) is 0 Å². The Hall–Kier alpha value is -2.48. The number of benzene rings is 2. The Bertz CT molecular complexity index is 869. The topological polar surface area (TPSA) is 75.3 Å². The number of para-hydroxylation sites is 1. The number of hydrogen-bond donors (Lipinski definition) is 2. The van der Waals surface area contributed by atoms with E-state index in [4.69, 9.17) is 0 Å². The molecule has 0 aromatic heterocycles. The molecule has 0 spiro atoms. The lowest BCUT2D eigenvalue weighted by Gasteiger charge is -2.20. The Balaban J connectivity index is 2.16. The molecule has 25 heavy (non-hydrogen) atoms. The van der Waals surface area contributed by atoms with E-state index in [0.29, 0.717) is 0 Å². The molecule has 1 amide bonds. The van der Waals surface area contributed by atoms with Gasteiger partial charge in [0.1, 0.15) is 17.3 Å². The molecular formula is C17H18F2N2O3S. The lowest BCUT2D eigenvalue weighted by atomic mass is 10.2. The standard InChI is InChI=1S/C17H18F2N2O3S/c1-17(2,3)25(23,24)21-12-9-7-11(8-10-12)16(22)20-15-13(18)5-4-6-14(15)19/h4-10,21H,1-3H3,(H,20,22). The second kappa shape index (κ2) is 6.79. The Labute approximate surface area is 145 Å². The van der Waals surface area contributed by atoms with E-state index in [2.05, 4.69) is 10.0 Å². The first kappa shape index (κ1) is 18.9. The monoisotopic (exact) mass is 368 g/mol. The van der Waals surface area contributed by atoms with Crippen LogP contribution in [0.3, 0.4) is 0 Å². The van der Waals surface area contributed by atoms with Gasteiger partial charge in [-0.15, -0.1) is 0 Å². The minimum atomic E-state index is -3.59. The van der Waals surface area contributed by atoms with E-state index in [1.165, 1.54) is 30.3 Å². The van der Waals surface area contributed by atoms with Crippen LogP contribution in [-0.2, 0) is 10.0 Å². The van der Waals surface area contributed by atoms with Gasteiger partial charge in [0.25, 0.3) is 5.91 Å². The zero-order chi connectivity index (χ0) is 18.8. The van der Waals surface area contributed by atoms with E-state index in [0.717, 1.165) is 12.1 Å². The van der Waals surface area contributed by atoms with Gasteiger partial charge in [-0.05, 0) is 57.2 Å². The number of carbonyl (C=O) groups excluding carboxylic acids is 1. The molecule has 0 radical (unpaired) electrons. The van der Waals surface area contributed by atoms with Gasteiger partial charge in [0.05, 0.1) is 4.75 Å². The summed E-state index contributed by atoms with van der Waals surface area (Å²) in [6.45, 7) is 4.67. The van der Waals surface area contributed by atoms with Gasteiger partial charge < -0.3 is 5.32 Å². The average molecular weight is 368 g/mol. The third-order valence-corrected chi connectivity index (χ3v) is 5.52. The SMILES string of the molecule is CC(C)(C)S(=O)(=O)Nc1ccc(C(=O)Nc2c(F)cccc2F)cc1. The summed E-state index contributed by atoms with van der Waals surface area (Å²) in [6.07, 6.45) is 0. The molecule has 0 aliphatic rings. The van der Waals surface area contributed by atoms with Crippen molar-refractivity contribution in [2.24, 2.45) is 0 Å². The highest BCUT2D eigenvalue weighted by atomic mass is 32.2. The van der Waals surface area contributed by atoms with Crippen molar-refractivity contribution in [2.45, 2.75) is 25.5 Å². The fourth-order valence-electron chi connectivity index (χ4n) is 1.80. The Morgan fingerprint density at radius 1 is 0.960 bits per heavy atom. The predicted octanol–water partition coefficient (Wildman–Crippen LogP) is 3.76. The minimum Gasteiger partial charge on any atom is -0.317 e. The first-order valence-electron chi connectivity index (χ1n) is 7.39. The third-order valence-electron chi connectivity index (χ3n) is 3.41. The number of amides is 1. The molecule has 5 nitrogen and oxygen atoms in total. The van der Waals surface area contributed by atoms with Gasteiger partial charge in [-0.2, -0.15) is 0 Å². The van der Waals surface area contributed by atoms with E-state index in [1.807, 2.05) is 0 Å². The van der Waals surface area contributed by atoms with Crippen molar-refractivity contribution in [3.63, 3.8) is 0 Å². The molecule has 0 aliphatic carbocycles. The van der Waals surface area contributed by atoms with E-state index < -0.39 is 38.0 Å². The molecule has 0 saturated carbocycles. The molecule has 8 heteroatoms. The molecule has 0 fully saturated rings. The van der Waals surface area contributed by atoms with Crippen molar-refractivity contribution in [2.75, 3.05) is 10.0 Å². The molecule has 2 rings (SSSR count). The largest absolute Gasteiger partial charge is 0.317 e. The average Bonchev–Trinajstić information content (AvgIpc) is 2.50. The second-order valence-corrected chi connectivity index (χ2v) is 8.78. The Morgan fingerprint density at radius 2 is 1.48 bits per heavy atom. The minimum absolute atomic E-state index is 0.126. The lowest BCUT2D eigenvalue weighted by Crippen LogP contribution is -2.33. The van der Waals surface area contributed by atoms with Gasteiger partial charge in [0, 0.05) is 11.3 Å². The summed E-state index contributed by atoms with van der Waals surface area (Å²) in [4.78, 5) is 12.1. The highest BCUT2D eigenvalue weighted by Crippen LogP contribution is 2.21. The van der Waals surface area contributed by atoms with Crippen molar-refractivity contribution in [3.8, 4) is 0 Å². The van der Waals surface area contributed by atoms with Gasteiger partial charge in [0.2, 0.25) is 10.0 Å². The molecule has 134 valence electrons. The molecule has 0 bridgehead atoms. The predicted molar refractivity (Wildman–Crippen MR) is 93.0 cm³/mol. The van der Waals surface area contributed by atoms with Crippen LogP contribution in [0.25, 0.3) is 0 Å².